The first-order chi connectivity index (χ1) is 13.6. The van der Waals surface area contributed by atoms with Gasteiger partial charge in [-0.25, -0.2) is 9.18 Å². The molecule has 1 N–H and O–H groups in total. The second-order valence-corrected chi connectivity index (χ2v) is 6.84. The van der Waals surface area contributed by atoms with Gasteiger partial charge in [0.2, 0.25) is 0 Å². The van der Waals surface area contributed by atoms with Crippen LogP contribution >= 0.6 is 0 Å². The van der Waals surface area contributed by atoms with Gasteiger partial charge in [0.25, 0.3) is 5.91 Å². The van der Waals surface area contributed by atoms with E-state index in [0.717, 1.165) is 5.56 Å². The minimum Gasteiger partial charge on any atom is -0.329 e. The zero-order chi connectivity index (χ0) is 19.7. The Labute approximate surface area is 162 Å². The number of nitrogens with one attached hydrogen (secondary N) is 1. The van der Waals surface area contributed by atoms with Gasteiger partial charge >= 0.3 is 6.03 Å². The molecule has 2 aliphatic rings. The van der Waals surface area contributed by atoms with E-state index in [4.69, 9.17) is 0 Å². The summed E-state index contributed by atoms with van der Waals surface area (Å²) in [6, 6.07) is 14.7. The van der Waals surface area contributed by atoms with Gasteiger partial charge in [-0.2, -0.15) is 0 Å². The summed E-state index contributed by atoms with van der Waals surface area (Å²) in [6.45, 7) is 4.78. The number of hydrogen-bond acceptors (Lipinski definition) is 2. The van der Waals surface area contributed by atoms with Crippen LogP contribution in [0.25, 0.3) is 0 Å². The third-order valence-electron chi connectivity index (χ3n) is 5.01. The fraction of sp³-hybridized carbons (Fsp3) is 0.182. The highest BCUT2D eigenvalue weighted by Crippen LogP contribution is 2.36. The first-order valence-corrected chi connectivity index (χ1v) is 9.09. The van der Waals surface area contributed by atoms with E-state index in [9.17, 15) is 14.0 Å². The molecule has 0 fully saturated rings. The average Bonchev–Trinajstić information content (AvgIpc) is 3.01. The molecule has 5 nitrogen and oxygen atoms in total. The van der Waals surface area contributed by atoms with Crippen molar-refractivity contribution in [3.8, 4) is 0 Å². The van der Waals surface area contributed by atoms with Gasteiger partial charge in [0.15, 0.2) is 0 Å². The molecular formula is C22H20FN3O2. The van der Waals surface area contributed by atoms with E-state index in [-0.39, 0.29) is 11.9 Å². The van der Waals surface area contributed by atoms with Crippen LogP contribution in [0.1, 0.15) is 17.2 Å². The second kappa shape index (κ2) is 7.31. The monoisotopic (exact) mass is 377 g/mol. The Bertz CT molecular complexity index is 971. The lowest BCUT2D eigenvalue weighted by atomic mass is 9.95. The number of nitrogens with zero attached hydrogens (tertiary/aromatic N) is 2. The molecule has 0 saturated heterocycles. The molecule has 2 aliphatic heterocycles. The summed E-state index contributed by atoms with van der Waals surface area (Å²) in [5.74, 6) is -0.559. The van der Waals surface area contributed by atoms with Crippen molar-refractivity contribution in [3.63, 3.8) is 0 Å². The van der Waals surface area contributed by atoms with Gasteiger partial charge < -0.3 is 10.2 Å². The molecule has 0 spiro atoms. The summed E-state index contributed by atoms with van der Waals surface area (Å²) in [6.07, 6.45) is 1.62. The highest BCUT2D eigenvalue weighted by Gasteiger charge is 2.43. The van der Waals surface area contributed by atoms with Crippen molar-refractivity contribution in [2.75, 3.05) is 13.1 Å². The van der Waals surface area contributed by atoms with E-state index in [1.807, 2.05) is 30.3 Å². The van der Waals surface area contributed by atoms with E-state index >= 15 is 0 Å². The number of benzene rings is 2. The Balaban J connectivity index is 1.72. The van der Waals surface area contributed by atoms with Gasteiger partial charge in [0, 0.05) is 13.1 Å². The van der Waals surface area contributed by atoms with E-state index < -0.39 is 11.9 Å². The molecule has 28 heavy (non-hydrogen) atoms. The number of hydrogen-bond donors (Lipinski definition) is 1. The number of amides is 3. The minimum atomic E-state index is -0.674. The van der Waals surface area contributed by atoms with Crippen molar-refractivity contribution in [1.29, 1.82) is 0 Å². The third kappa shape index (κ3) is 3.17. The fourth-order valence-corrected chi connectivity index (χ4v) is 3.74. The molecule has 2 heterocycles. The summed E-state index contributed by atoms with van der Waals surface area (Å²) in [7, 11) is 0. The quantitative estimate of drug-likeness (QED) is 0.813. The molecule has 4 rings (SSSR count). The van der Waals surface area contributed by atoms with Crippen LogP contribution in [0.2, 0.25) is 0 Å². The third-order valence-corrected chi connectivity index (χ3v) is 5.01. The van der Waals surface area contributed by atoms with E-state index in [1.54, 1.807) is 23.1 Å². The Morgan fingerprint density at radius 2 is 1.93 bits per heavy atom. The zero-order valence-corrected chi connectivity index (χ0v) is 15.3. The molecular weight excluding hydrogens is 357 g/mol. The van der Waals surface area contributed by atoms with Crippen molar-refractivity contribution >= 4 is 11.9 Å². The van der Waals surface area contributed by atoms with Crippen LogP contribution in [0, 0.1) is 5.82 Å². The number of carbonyl (C=O) groups excluding carboxylic acids is 2. The Morgan fingerprint density at radius 1 is 1.14 bits per heavy atom. The maximum atomic E-state index is 13.8. The van der Waals surface area contributed by atoms with Gasteiger partial charge in [-0.15, -0.1) is 6.58 Å². The van der Waals surface area contributed by atoms with Gasteiger partial charge in [0.05, 0.1) is 23.9 Å². The summed E-state index contributed by atoms with van der Waals surface area (Å²) in [4.78, 5) is 29.2. The average molecular weight is 377 g/mol. The van der Waals surface area contributed by atoms with Crippen LogP contribution in [0.4, 0.5) is 9.18 Å². The van der Waals surface area contributed by atoms with Crippen LogP contribution in [-0.2, 0) is 11.3 Å². The molecule has 0 aliphatic carbocycles. The predicted octanol–water partition coefficient (Wildman–Crippen LogP) is 3.37. The maximum absolute atomic E-state index is 13.8. The van der Waals surface area contributed by atoms with Crippen molar-refractivity contribution < 1.29 is 14.0 Å². The Hall–Kier alpha value is -3.41. The van der Waals surface area contributed by atoms with Crippen LogP contribution in [0.15, 0.2) is 78.5 Å². The molecule has 3 amide bonds. The number of halogens is 1. The second-order valence-electron chi connectivity index (χ2n) is 6.84. The van der Waals surface area contributed by atoms with E-state index in [1.165, 1.54) is 17.0 Å². The molecule has 6 heteroatoms. The maximum Gasteiger partial charge on any atom is 0.322 e. The van der Waals surface area contributed by atoms with Crippen molar-refractivity contribution in [2.24, 2.45) is 0 Å². The van der Waals surface area contributed by atoms with Gasteiger partial charge in [-0.05, 0) is 23.3 Å². The lowest BCUT2D eigenvalue weighted by molar-refractivity contribution is -0.126. The molecule has 142 valence electrons. The van der Waals surface area contributed by atoms with Crippen LogP contribution in [-0.4, -0.2) is 34.8 Å². The molecule has 0 saturated carbocycles. The lowest BCUT2D eigenvalue weighted by Gasteiger charge is -2.33. The topological polar surface area (TPSA) is 52.7 Å². The molecule has 0 radical (unpaired) electrons. The summed E-state index contributed by atoms with van der Waals surface area (Å²) >= 11 is 0. The molecule has 1 atom stereocenters. The number of rotatable bonds is 5. The van der Waals surface area contributed by atoms with Gasteiger partial charge in [-0.1, -0.05) is 48.5 Å². The fourth-order valence-electron chi connectivity index (χ4n) is 3.74. The molecule has 0 bridgehead atoms. The van der Waals surface area contributed by atoms with E-state index in [2.05, 4.69) is 11.9 Å². The van der Waals surface area contributed by atoms with Crippen LogP contribution < -0.4 is 5.32 Å². The normalized spacial score (nSPS) is 19.0. The summed E-state index contributed by atoms with van der Waals surface area (Å²) in [5, 5.41) is 2.85. The van der Waals surface area contributed by atoms with Gasteiger partial charge in [-0.3, -0.25) is 9.69 Å². The van der Waals surface area contributed by atoms with Crippen LogP contribution in [0.5, 0.6) is 0 Å². The highest BCUT2D eigenvalue weighted by molar-refractivity contribution is 6.01. The Morgan fingerprint density at radius 3 is 2.64 bits per heavy atom. The predicted molar refractivity (Wildman–Crippen MR) is 103 cm³/mol. The first kappa shape index (κ1) is 18.0. The standard InChI is InChI=1S/C22H20FN3O2/c1-2-11-26-18-14-25(13-15-7-4-3-5-8-15)21(27)19(18)20(24-22(26)28)16-9-6-10-17(23)12-16/h2-10,12,20H,1,11,13-14H2,(H,24,28)/t20-/m0/s1. The van der Waals surface area contributed by atoms with E-state index in [0.29, 0.717) is 36.5 Å². The van der Waals surface area contributed by atoms with Crippen molar-refractivity contribution in [3.05, 3.63) is 95.5 Å². The summed E-state index contributed by atoms with van der Waals surface area (Å²) in [5.41, 5.74) is 2.70. The SMILES string of the molecule is C=CCN1C(=O)N[C@@H](c2cccc(F)c2)C2=C1CN(Cc1ccccc1)C2=O. The molecule has 0 aromatic heterocycles. The highest BCUT2D eigenvalue weighted by atomic mass is 19.1. The van der Waals surface area contributed by atoms with Crippen molar-refractivity contribution in [1.82, 2.24) is 15.1 Å². The molecule has 2 aromatic carbocycles. The minimum absolute atomic E-state index is 0.151. The smallest absolute Gasteiger partial charge is 0.322 e. The molecule has 2 aromatic rings. The largest absolute Gasteiger partial charge is 0.329 e. The molecule has 0 unspecified atom stereocenters. The first-order valence-electron chi connectivity index (χ1n) is 9.09. The number of urea groups is 1. The lowest BCUT2D eigenvalue weighted by Crippen LogP contribution is -2.47. The Kier molecular flexibility index (Phi) is 4.69. The van der Waals surface area contributed by atoms with Gasteiger partial charge in [0.1, 0.15) is 5.82 Å². The van der Waals surface area contributed by atoms with Crippen LogP contribution in [0.3, 0.4) is 0 Å². The number of carbonyl (C=O) groups is 2. The zero-order valence-electron chi connectivity index (χ0n) is 15.3. The summed E-state index contributed by atoms with van der Waals surface area (Å²) < 4.78 is 13.8. The van der Waals surface area contributed by atoms with Crippen molar-refractivity contribution in [2.45, 2.75) is 12.6 Å².